The number of methoxy groups -OCH3 is 2. The molecule has 1 aliphatic rings. The smallest absolute Gasteiger partial charge is 0.295 e. The Morgan fingerprint density at radius 2 is 1.69 bits per heavy atom. The number of amides is 1. The summed E-state index contributed by atoms with van der Waals surface area (Å²) in [6.07, 6.45) is -0.0126. The van der Waals surface area contributed by atoms with Crippen molar-refractivity contribution >= 4 is 17.4 Å². The molecule has 1 heterocycles. The fourth-order valence-corrected chi connectivity index (χ4v) is 4.23. The Morgan fingerprint density at radius 3 is 2.23 bits per heavy atom. The van der Waals surface area contributed by atoms with E-state index >= 15 is 0 Å². The number of aliphatic hydroxyl groups is 1. The van der Waals surface area contributed by atoms with Crippen molar-refractivity contribution in [3.63, 3.8) is 0 Å². The van der Waals surface area contributed by atoms with Crippen molar-refractivity contribution in [3.05, 3.63) is 64.7 Å². The first kappa shape index (κ1) is 26.3. The lowest BCUT2D eigenvalue weighted by Crippen LogP contribution is -2.33. The van der Waals surface area contributed by atoms with E-state index in [4.69, 9.17) is 14.2 Å². The third-order valence-electron chi connectivity index (χ3n) is 6.04. The molecule has 0 radical (unpaired) electrons. The number of ether oxygens (including phenoxy) is 3. The zero-order valence-electron chi connectivity index (χ0n) is 21.5. The van der Waals surface area contributed by atoms with Crippen LogP contribution in [0.15, 0.2) is 48.0 Å². The van der Waals surface area contributed by atoms with E-state index in [0.29, 0.717) is 22.6 Å². The lowest BCUT2D eigenvalue weighted by molar-refractivity contribution is -0.140. The second kappa shape index (κ2) is 10.5. The number of Topliss-reactive ketones (excluding diaryl/α,β-unsaturated/α-hetero) is 1. The average Bonchev–Trinajstić information content (AvgIpc) is 3.07. The monoisotopic (exact) mass is 481 g/mol. The molecule has 1 fully saturated rings. The number of nitrogens with zero attached hydrogens (tertiary/aromatic N) is 1. The van der Waals surface area contributed by atoms with Crippen LogP contribution in [0.5, 0.6) is 11.5 Å². The molecule has 0 bridgehead atoms. The lowest BCUT2D eigenvalue weighted by atomic mass is 9.84. The quantitative estimate of drug-likeness (QED) is 0.330. The van der Waals surface area contributed by atoms with Gasteiger partial charge in [0.2, 0.25) is 0 Å². The van der Waals surface area contributed by atoms with Gasteiger partial charge in [0.15, 0.2) is 0 Å². The zero-order chi connectivity index (χ0) is 25.9. The van der Waals surface area contributed by atoms with Gasteiger partial charge in [-0.15, -0.1) is 0 Å². The van der Waals surface area contributed by atoms with Gasteiger partial charge in [-0.25, -0.2) is 0 Å². The summed E-state index contributed by atoms with van der Waals surface area (Å²) in [4.78, 5) is 27.8. The number of benzene rings is 2. The minimum atomic E-state index is -0.753. The van der Waals surface area contributed by atoms with Gasteiger partial charge in [-0.3, -0.25) is 9.59 Å². The largest absolute Gasteiger partial charge is 0.507 e. The Balaban J connectivity index is 2.15. The maximum absolute atomic E-state index is 13.2. The molecule has 2 aromatic rings. The Hall–Kier alpha value is -3.32. The van der Waals surface area contributed by atoms with E-state index in [9.17, 15) is 14.7 Å². The molecule has 1 unspecified atom stereocenters. The highest BCUT2D eigenvalue weighted by molar-refractivity contribution is 6.46. The summed E-state index contributed by atoms with van der Waals surface area (Å²) in [6, 6.07) is 11.7. The first-order valence-electron chi connectivity index (χ1n) is 11.7. The second-order valence-corrected chi connectivity index (χ2v) is 9.85. The molecule has 1 atom stereocenters. The van der Waals surface area contributed by atoms with Crippen molar-refractivity contribution in [2.24, 2.45) is 0 Å². The van der Waals surface area contributed by atoms with Gasteiger partial charge in [-0.1, -0.05) is 32.9 Å². The summed E-state index contributed by atoms with van der Waals surface area (Å²) in [5.74, 6) is -0.263. The van der Waals surface area contributed by atoms with E-state index in [0.717, 1.165) is 5.56 Å². The van der Waals surface area contributed by atoms with Crippen LogP contribution in [0.2, 0.25) is 0 Å². The normalized spacial score (nSPS) is 17.8. The number of likely N-dealkylation sites (tertiary alicyclic amines) is 1. The third kappa shape index (κ3) is 5.51. The van der Waals surface area contributed by atoms with Gasteiger partial charge in [-0.2, -0.15) is 0 Å². The Bertz CT molecular complexity index is 1110. The van der Waals surface area contributed by atoms with Crippen LogP contribution in [-0.2, 0) is 19.7 Å². The molecule has 3 rings (SSSR count). The van der Waals surface area contributed by atoms with E-state index in [1.165, 1.54) is 4.90 Å². The number of ketones is 1. The molecule has 7 nitrogen and oxygen atoms in total. The summed E-state index contributed by atoms with van der Waals surface area (Å²) in [7, 11) is 3.17. The molecule has 1 saturated heterocycles. The van der Waals surface area contributed by atoms with Crippen LogP contribution in [-0.4, -0.2) is 55.2 Å². The van der Waals surface area contributed by atoms with Crippen LogP contribution in [0.4, 0.5) is 0 Å². The number of hydrogen-bond acceptors (Lipinski definition) is 6. The first-order chi connectivity index (χ1) is 16.5. The third-order valence-corrected chi connectivity index (χ3v) is 6.04. The second-order valence-electron chi connectivity index (χ2n) is 9.85. The molecule has 1 aliphatic heterocycles. The van der Waals surface area contributed by atoms with E-state index in [1.54, 1.807) is 50.6 Å². The van der Waals surface area contributed by atoms with Crippen molar-refractivity contribution in [1.29, 1.82) is 0 Å². The number of hydrogen-bond donors (Lipinski definition) is 1. The maximum Gasteiger partial charge on any atom is 0.295 e. The van der Waals surface area contributed by atoms with E-state index in [2.05, 4.69) is 0 Å². The summed E-state index contributed by atoms with van der Waals surface area (Å²) >= 11 is 0. The fraction of sp³-hybridized carbons (Fsp3) is 0.429. The van der Waals surface area contributed by atoms with Crippen LogP contribution < -0.4 is 9.47 Å². The molecule has 7 heteroatoms. The Kier molecular flexibility index (Phi) is 7.90. The highest BCUT2D eigenvalue weighted by atomic mass is 16.5. The van der Waals surface area contributed by atoms with Gasteiger partial charge >= 0.3 is 0 Å². The van der Waals surface area contributed by atoms with Gasteiger partial charge in [0, 0.05) is 17.7 Å². The standard InChI is InChI=1S/C28H35NO6/c1-17(2)35-15-14-29-24(18-8-11-20(33-6)12-9-18)23(26(31)27(29)32)25(30)19-10-13-22(34-7)21(16-19)28(3,4)5/h8-13,16-17,24,30H,14-15H2,1-7H3/b25-23-. The molecule has 1 amide bonds. The molecular weight excluding hydrogens is 446 g/mol. The van der Waals surface area contributed by atoms with Crippen LogP contribution in [0, 0.1) is 0 Å². The van der Waals surface area contributed by atoms with Crippen LogP contribution >= 0.6 is 0 Å². The first-order valence-corrected chi connectivity index (χ1v) is 11.7. The van der Waals surface area contributed by atoms with Crippen molar-refractivity contribution in [2.45, 2.75) is 52.2 Å². The van der Waals surface area contributed by atoms with Gasteiger partial charge in [0.1, 0.15) is 17.3 Å². The molecule has 0 aromatic heterocycles. The van der Waals surface area contributed by atoms with E-state index in [1.807, 2.05) is 40.7 Å². The topological polar surface area (TPSA) is 85.3 Å². The van der Waals surface area contributed by atoms with Gasteiger partial charge in [-0.05, 0) is 55.2 Å². The Morgan fingerprint density at radius 1 is 1.03 bits per heavy atom. The van der Waals surface area contributed by atoms with Crippen LogP contribution in [0.3, 0.4) is 0 Å². The van der Waals surface area contributed by atoms with Crippen molar-refractivity contribution < 1.29 is 28.9 Å². The molecule has 0 aliphatic carbocycles. The predicted octanol–water partition coefficient (Wildman–Crippen LogP) is 4.85. The van der Waals surface area contributed by atoms with E-state index < -0.39 is 17.7 Å². The molecule has 0 saturated carbocycles. The molecule has 188 valence electrons. The fourth-order valence-electron chi connectivity index (χ4n) is 4.23. The summed E-state index contributed by atoms with van der Waals surface area (Å²) in [6.45, 7) is 10.4. The summed E-state index contributed by atoms with van der Waals surface area (Å²) in [5, 5.41) is 11.4. The maximum atomic E-state index is 13.2. The number of carbonyl (C=O) groups excluding carboxylic acids is 2. The van der Waals surface area contributed by atoms with Crippen molar-refractivity contribution in [2.75, 3.05) is 27.4 Å². The predicted molar refractivity (Wildman–Crippen MR) is 135 cm³/mol. The summed E-state index contributed by atoms with van der Waals surface area (Å²) in [5.41, 5.74) is 1.81. The molecule has 35 heavy (non-hydrogen) atoms. The van der Waals surface area contributed by atoms with Gasteiger partial charge < -0.3 is 24.2 Å². The summed E-state index contributed by atoms with van der Waals surface area (Å²) < 4.78 is 16.4. The van der Waals surface area contributed by atoms with E-state index in [-0.39, 0.29) is 36.0 Å². The van der Waals surface area contributed by atoms with Crippen molar-refractivity contribution in [3.8, 4) is 11.5 Å². The zero-order valence-corrected chi connectivity index (χ0v) is 21.5. The van der Waals surface area contributed by atoms with Gasteiger partial charge in [0.05, 0.1) is 38.5 Å². The minimum Gasteiger partial charge on any atom is -0.507 e. The Labute approximate surface area is 207 Å². The number of rotatable bonds is 8. The SMILES string of the molecule is COc1ccc(C2/C(=C(/O)c3ccc(OC)c(C(C)(C)C)c3)C(=O)C(=O)N2CCOC(C)C)cc1. The highest BCUT2D eigenvalue weighted by Crippen LogP contribution is 2.41. The average molecular weight is 482 g/mol. The van der Waals surface area contributed by atoms with Crippen LogP contribution in [0.1, 0.15) is 57.4 Å². The van der Waals surface area contributed by atoms with Crippen LogP contribution in [0.25, 0.3) is 5.76 Å². The number of aliphatic hydroxyl groups excluding tert-OH is 1. The minimum absolute atomic E-state index is 0.0126. The molecule has 1 N–H and O–H groups in total. The lowest BCUT2D eigenvalue weighted by Gasteiger charge is -2.26. The van der Waals surface area contributed by atoms with Crippen molar-refractivity contribution in [1.82, 2.24) is 4.90 Å². The molecule has 0 spiro atoms. The van der Waals surface area contributed by atoms with Gasteiger partial charge in [0.25, 0.3) is 11.7 Å². The number of carbonyl (C=O) groups is 2. The molecular formula is C28H35NO6. The molecule has 2 aromatic carbocycles. The highest BCUT2D eigenvalue weighted by Gasteiger charge is 2.46.